The Balaban J connectivity index is 2.55. The molecule has 1 aliphatic rings. The monoisotopic (exact) mass is 205 g/mol. The van der Waals surface area contributed by atoms with Gasteiger partial charge in [-0.25, -0.2) is 0 Å². The molecule has 0 saturated heterocycles. The van der Waals surface area contributed by atoms with Gasteiger partial charge in [0.15, 0.2) is 5.78 Å². The number of ketones is 1. The Kier molecular flexibility index (Phi) is 1.69. The smallest absolute Gasteiger partial charge is 0.187 e. The molecule has 0 spiro atoms. The highest BCUT2D eigenvalue weighted by molar-refractivity contribution is 6.23. The summed E-state index contributed by atoms with van der Waals surface area (Å²) in [6.45, 7) is 0. The van der Waals surface area contributed by atoms with Crippen molar-refractivity contribution < 1.29 is 4.79 Å². The van der Waals surface area contributed by atoms with Crippen LogP contribution in [0.25, 0.3) is 16.3 Å². The van der Waals surface area contributed by atoms with Gasteiger partial charge in [0.1, 0.15) is 0 Å². The Hall–Kier alpha value is -2.40. The van der Waals surface area contributed by atoms with Crippen LogP contribution in [0.15, 0.2) is 42.5 Å². The number of nitrogens with zero attached hydrogens (tertiary/aromatic N) is 1. The number of carbonyl (C=O) groups excluding carboxylic acids is 1. The van der Waals surface area contributed by atoms with Gasteiger partial charge in [-0.1, -0.05) is 36.4 Å². The van der Waals surface area contributed by atoms with E-state index >= 15 is 0 Å². The van der Waals surface area contributed by atoms with Crippen molar-refractivity contribution in [3.8, 4) is 6.07 Å². The number of allylic oxidation sites excluding steroid dienone is 2. The minimum atomic E-state index is -0.0825. The van der Waals surface area contributed by atoms with E-state index in [2.05, 4.69) is 6.07 Å². The molecular weight excluding hydrogens is 198 g/mol. The second kappa shape index (κ2) is 3.04. The van der Waals surface area contributed by atoms with Gasteiger partial charge in [-0.2, -0.15) is 5.26 Å². The van der Waals surface area contributed by atoms with Crippen LogP contribution in [0.2, 0.25) is 0 Å². The Morgan fingerprint density at radius 3 is 2.38 bits per heavy atom. The molecule has 0 aromatic heterocycles. The highest BCUT2D eigenvalue weighted by Gasteiger charge is 2.19. The fraction of sp³-hybridized carbons (Fsp3) is 0. The highest BCUT2D eigenvalue weighted by atomic mass is 16.1. The van der Waals surface area contributed by atoms with Crippen molar-refractivity contribution in [3.63, 3.8) is 0 Å². The Labute approximate surface area is 92.4 Å². The van der Waals surface area contributed by atoms with Gasteiger partial charge in [-0.05, 0) is 5.39 Å². The van der Waals surface area contributed by atoms with Crippen LogP contribution in [0.4, 0.5) is 0 Å². The largest absolute Gasteiger partial charge is 0.289 e. The van der Waals surface area contributed by atoms with Gasteiger partial charge in [0.25, 0.3) is 0 Å². The molecule has 16 heavy (non-hydrogen) atoms. The lowest BCUT2D eigenvalue weighted by Crippen LogP contribution is -2.04. The van der Waals surface area contributed by atoms with Crippen molar-refractivity contribution in [2.45, 2.75) is 0 Å². The first-order valence-corrected chi connectivity index (χ1v) is 4.99. The van der Waals surface area contributed by atoms with Crippen molar-refractivity contribution in [2.75, 3.05) is 0 Å². The van der Waals surface area contributed by atoms with E-state index in [9.17, 15) is 4.79 Å². The Bertz CT molecular complexity index is 684. The second-order valence-electron chi connectivity index (χ2n) is 3.74. The first-order chi connectivity index (χ1) is 7.81. The fourth-order valence-corrected chi connectivity index (χ4v) is 2.15. The van der Waals surface area contributed by atoms with E-state index in [1.165, 1.54) is 6.08 Å². The van der Waals surface area contributed by atoms with Crippen molar-refractivity contribution in [1.29, 1.82) is 5.26 Å². The lowest BCUT2D eigenvalue weighted by atomic mass is 9.88. The van der Waals surface area contributed by atoms with E-state index in [0.29, 0.717) is 11.1 Å². The fourth-order valence-electron chi connectivity index (χ4n) is 2.15. The van der Waals surface area contributed by atoms with Gasteiger partial charge in [-0.3, -0.25) is 4.79 Å². The van der Waals surface area contributed by atoms with Gasteiger partial charge in [-0.15, -0.1) is 0 Å². The standard InChI is InChI=1S/C14H7NO/c15-8-10-7-13(16)12-6-2-4-9-3-1-5-11(10)14(9)12/h1-7H. The molecule has 0 unspecified atom stereocenters. The van der Waals surface area contributed by atoms with E-state index in [1.54, 1.807) is 6.07 Å². The molecule has 0 fully saturated rings. The average molecular weight is 205 g/mol. The molecule has 2 aromatic rings. The number of carbonyl (C=O) groups is 1. The molecule has 74 valence electrons. The SMILES string of the molecule is N#CC1=CC(=O)c2cccc3cccc1c23. The summed E-state index contributed by atoms with van der Waals surface area (Å²) < 4.78 is 0. The predicted octanol–water partition coefficient (Wildman–Crippen LogP) is 2.94. The van der Waals surface area contributed by atoms with Crippen LogP contribution in [-0.2, 0) is 0 Å². The van der Waals surface area contributed by atoms with Crippen LogP contribution < -0.4 is 0 Å². The maximum atomic E-state index is 11.8. The summed E-state index contributed by atoms with van der Waals surface area (Å²) in [4.78, 5) is 11.8. The minimum Gasteiger partial charge on any atom is -0.289 e. The quantitative estimate of drug-likeness (QED) is 0.663. The first kappa shape index (κ1) is 8.87. The lowest BCUT2D eigenvalue weighted by Gasteiger charge is -2.13. The molecule has 0 radical (unpaired) electrons. The van der Waals surface area contributed by atoms with E-state index in [4.69, 9.17) is 5.26 Å². The lowest BCUT2D eigenvalue weighted by molar-refractivity contribution is 0.104. The van der Waals surface area contributed by atoms with E-state index in [0.717, 1.165) is 16.3 Å². The molecule has 0 saturated carbocycles. The van der Waals surface area contributed by atoms with Crippen molar-refractivity contribution in [3.05, 3.63) is 53.6 Å². The molecule has 0 heterocycles. The molecule has 0 N–H and O–H groups in total. The molecule has 0 bridgehead atoms. The van der Waals surface area contributed by atoms with E-state index < -0.39 is 0 Å². The van der Waals surface area contributed by atoms with E-state index in [-0.39, 0.29) is 5.78 Å². The molecule has 2 nitrogen and oxygen atoms in total. The van der Waals surface area contributed by atoms with Crippen LogP contribution in [0.5, 0.6) is 0 Å². The van der Waals surface area contributed by atoms with Crippen molar-refractivity contribution >= 4 is 22.1 Å². The maximum Gasteiger partial charge on any atom is 0.187 e. The summed E-state index contributed by atoms with van der Waals surface area (Å²) in [5, 5.41) is 10.9. The summed E-state index contributed by atoms with van der Waals surface area (Å²) >= 11 is 0. The zero-order valence-corrected chi connectivity index (χ0v) is 8.40. The van der Waals surface area contributed by atoms with Crippen molar-refractivity contribution in [2.24, 2.45) is 0 Å². The van der Waals surface area contributed by atoms with Gasteiger partial charge in [0.2, 0.25) is 0 Å². The van der Waals surface area contributed by atoms with Crippen molar-refractivity contribution in [1.82, 2.24) is 0 Å². The van der Waals surface area contributed by atoms with Gasteiger partial charge < -0.3 is 0 Å². The van der Waals surface area contributed by atoms with Crippen LogP contribution in [0.3, 0.4) is 0 Å². The second-order valence-corrected chi connectivity index (χ2v) is 3.74. The first-order valence-electron chi connectivity index (χ1n) is 4.99. The third-order valence-electron chi connectivity index (χ3n) is 2.86. The predicted molar refractivity (Wildman–Crippen MR) is 61.9 cm³/mol. The molecule has 3 rings (SSSR count). The number of benzene rings is 2. The number of hydrogen-bond acceptors (Lipinski definition) is 2. The molecule has 1 aliphatic carbocycles. The molecule has 0 aliphatic heterocycles. The minimum absolute atomic E-state index is 0.0825. The summed E-state index contributed by atoms with van der Waals surface area (Å²) in [5.74, 6) is -0.0825. The summed E-state index contributed by atoms with van der Waals surface area (Å²) in [7, 11) is 0. The zero-order chi connectivity index (χ0) is 11.1. The van der Waals surface area contributed by atoms with Crippen LogP contribution in [0.1, 0.15) is 15.9 Å². The van der Waals surface area contributed by atoms with Gasteiger partial charge in [0, 0.05) is 22.6 Å². The summed E-state index contributed by atoms with van der Waals surface area (Å²) in [5.41, 5.74) is 2.00. The number of nitriles is 1. The normalized spacial score (nSPS) is 13.4. The van der Waals surface area contributed by atoms with Crippen LogP contribution >= 0.6 is 0 Å². The van der Waals surface area contributed by atoms with E-state index in [1.807, 2.05) is 30.3 Å². The maximum absolute atomic E-state index is 11.8. The van der Waals surface area contributed by atoms with Crippen LogP contribution in [-0.4, -0.2) is 5.78 Å². The Morgan fingerprint density at radius 1 is 1.00 bits per heavy atom. The third-order valence-corrected chi connectivity index (χ3v) is 2.86. The molecular formula is C14H7NO. The molecule has 2 aromatic carbocycles. The van der Waals surface area contributed by atoms with Crippen LogP contribution in [0, 0.1) is 11.3 Å². The van der Waals surface area contributed by atoms with Gasteiger partial charge in [0.05, 0.1) is 11.6 Å². The zero-order valence-electron chi connectivity index (χ0n) is 8.40. The average Bonchev–Trinajstić information content (AvgIpc) is 2.33. The molecule has 2 heteroatoms. The highest BCUT2D eigenvalue weighted by Crippen LogP contribution is 2.32. The summed E-state index contributed by atoms with van der Waals surface area (Å²) in [6.07, 6.45) is 1.41. The third kappa shape index (κ3) is 1.03. The topological polar surface area (TPSA) is 40.9 Å². The number of hydrogen-bond donors (Lipinski definition) is 0. The molecule has 0 atom stereocenters. The Morgan fingerprint density at radius 2 is 1.69 bits per heavy atom. The molecule has 0 amide bonds. The van der Waals surface area contributed by atoms with Gasteiger partial charge >= 0.3 is 0 Å². The number of rotatable bonds is 0. The summed E-state index contributed by atoms with van der Waals surface area (Å²) in [6, 6.07) is 13.4.